The summed E-state index contributed by atoms with van der Waals surface area (Å²) in [7, 11) is 0. The first-order chi connectivity index (χ1) is 10.4. The van der Waals surface area contributed by atoms with Gasteiger partial charge >= 0.3 is 0 Å². The van der Waals surface area contributed by atoms with Gasteiger partial charge in [0, 0.05) is 24.5 Å². The van der Waals surface area contributed by atoms with Gasteiger partial charge in [-0.1, -0.05) is 30.3 Å². The summed E-state index contributed by atoms with van der Waals surface area (Å²) in [6, 6.07) is 10.8. The number of nitrogens with zero attached hydrogens (tertiary/aromatic N) is 3. The van der Waals surface area contributed by atoms with Crippen molar-refractivity contribution < 1.29 is 0 Å². The number of aryl methyl sites for hydroxylation is 1. The van der Waals surface area contributed by atoms with Gasteiger partial charge in [-0.05, 0) is 50.9 Å². The van der Waals surface area contributed by atoms with Crippen LogP contribution in [0.1, 0.15) is 36.4 Å². The Kier molecular flexibility index (Phi) is 4.95. The van der Waals surface area contributed by atoms with Gasteiger partial charge in [0.2, 0.25) is 0 Å². The molecule has 0 bridgehead atoms. The van der Waals surface area contributed by atoms with Crippen LogP contribution >= 0.6 is 0 Å². The largest absolute Gasteiger partial charge is 0.303 e. The molecule has 110 valence electrons. The van der Waals surface area contributed by atoms with E-state index in [0.29, 0.717) is 5.92 Å². The molecule has 3 heteroatoms. The molecular weight excluding hydrogens is 258 g/mol. The summed E-state index contributed by atoms with van der Waals surface area (Å²) < 4.78 is 0. The average Bonchev–Trinajstić information content (AvgIpc) is 2.57. The fourth-order valence-electron chi connectivity index (χ4n) is 3.13. The van der Waals surface area contributed by atoms with Crippen molar-refractivity contribution in [3.05, 3.63) is 60.2 Å². The van der Waals surface area contributed by atoms with Crippen molar-refractivity contribution in [2.45, 2.75) is 31.6 Å². The van der Waals surface area contributed by atoms with Gasteiger partial charge in [0.25, 0.3) is 0 Å². The van der Waals surface area contributed by atoms with E-state index < -0.39 is 0 Å². The first-order valence-corrected chi connectivity index (χ1v) is 7.94. The van der Waals surface area contributed by atoms with Gasteiger partial charge < -0.3 is 4.90 Å². The van der Waals surface area contributed by atoms with E-state index >= 15 is 0 Å². The molecule has 0 radical (unpaired) electrons. The van der Waals surface area contributed by atoms with Gasteiger partial charge in [-0.2, -0.15) is 0 Å². The monoisotopic (exact) mass is 281 g/mol. The molecule has 0 aliphatic carbocycles. The second kappa shape index (κ2) is 7.32. The SMILES string of the molecule is c1ccc(CCCN2CCC(c3cnccn3)CC2)cc1. The highest BCUT2D eigenvalue weighted by Crippen LogP contribution is 2.25. The fourth-order valence-corrected chi connectivity index (χ4v) is 3.13. The third-order valence-electron chi connectivity index (χ3n) is 4.37. The predicted molar refractivity (Wildman–Crippen MR) is 85.2 cm³/mol. The highest BCUT2D eigenvalue weighted by atomic mass is 15.1. The first-order valence-electron chi connectivity index (χ1n) is 7.94. The first kappa shape index (κ1) is 14.2. The highest BCUT2D eigenvalue weighted by Gasteiger charge is 2.21. The molecule has 1 aromatic carbocycles. The molecule has 1 saturated heterocycles. The lowest BCUT2D eigenvalue weighted by Crippen LogP contribution is -2.34. The minimum atomic E-state index is 0.601. The Hall–Kier alpha value is -1.74. The molecule has 1 fully saturated rings. The Labute approximate surface area is 127 Å². The maximum absolute atomic E-state index is 4.45. The minimum absolute atomic E-state index is 0.601. The summed E-state index contributed by atoms with van der Waals surface area (Å²) in [5.41, 5.74) is 2.62. The zero-order chi connectivity index (χ0) is 14.3. The second-order valence-corrected chi connectivity index (χ2v) is 5.84. The molecule has 1 aromatic heterocycles. The third kappa shape index (κ3) is 4.11. The summed E-state index contributed by atoms with van der Waals surface area (Å²) in [6.07, 6.45) is 10.3. The number of benzene rings is 1. The molecule has 1 aliphatic heterocycles. The zero-order valence-corrected chi connectivity index (χ0v) is 12.5. The molecule has 0 N–H and O–H groups in total. The molecule has 0 unspecified atom stereocenters. The maximum Gasteiger partial charge on any atom is 0.0618 e. The lowest BCUT2D eigenvalue weighted by atomic mass is 9.93. The molecule has 1 aliphatic rings. The quantitative estimate of drug-likeness (QED) is 0.842. The summed E-state index contributed by atoms with van der Waals surface area (Å²) in [5.74, 6) is 0.601. The van der Waals surface area contributed by atoms with Gasteiger partial charge in [0.15, 0.2) is 0 Å². The summed E-state index contributed by atoms with van der Waals surface area (Å²) in [4.78, 5) is 11.2. The molecule has 21 heavy (non-hydrogen) atoms. The van der Waals surface area contributed by atoms with Crippen molar-refractivity contribution in [3.8, 4) is 0 Å². The van der Waals surface area contributed by atoms with Gasteiger partial charge in [-0.15, -0.1) is 0 Å². The van der Waals surface area contributed by atoms with E-state index in [9.17, 15) is 0 Å². The molecule has 2 heterocycles. The van der Waals surface area contributed by atoms with Crippen LogP contribution in [0.5, 0.6) is 0 Å². The van der Waals surface area contributed by atoms with Gasteiger partial charge in [-0.25, -0.2) is 0 Å². The Morgan fingerprint density at radius 3 is 2.57 bits per heavy atom. The predicted octanol–water partition coefficient (Wildman–Crippen LogP) is 3.29. The molecule has 0 atom stereocenters. The molecular formula is C18H23N3. The molecule has 3 nitrogen and oxygen atoms in total. The zero-order valence-electron chi connectivity index (χ0n) is 12.5. The lowest BCUT2D eigenvalue weighted by Gasteiger charge is -2.31. The number of hydrogen-bond acceptors (Lipinski definition) is 3. The van der Waals surface area contributed by atoms with Crippen LogP contribution in [0.4, 0.5) is 0 Å². The topological polar surface area (TPSA) is 29.0 Å². The van der Waals surface area contributed by atoms with E-state index in [1.807, 2.05) is 12.4 Å². The standard InChI is InChI=1S/C18H23N3/c1-2-5-16(6-3-1)7-4-12-21-13-8-17(9-14-21)18-15-19-10-11-20-18/h1-3,5-6,10-11,15,17H,4,7-9,12-14H2. The number of hydrogen-bond donors (Lipinski definition) is 0. The molecule has 0 saturated carbocycles. The van der Waals surface area contributed by atoms with Crippen LogP contribution in [0.2, 0.25) is 0 Å². The van der Waals surface area contributed by atoms with E-state index in [4.69, 9.17) is 0 Å². The van der Waals surface area contributed by atoms with Crippen LogP contribution in [0.3, 0.4) is 0 Å². The van der Waals surface area contributed by atoms with Crippen LogP contribution in [0.15, 0.2) is 48.9 Å². The summed E-state index contributed by atoms with van der Waals surface area (Å²) in [5, 5.41) is 0. The van der Waals surface area contributed by atoms with Crippen molar-refractivity contribution in [3.63, 3.8) is 0 Å². The van der Waals surface area contributed by atoms with E-state index in [1.165, 1.54) is 56.6 Å². The van der Waals surface area contributed by atoms with Crippen molar-refractivity contribution in [1.29, 1.82) is 0 Å². The average molecular weight is 281 g/mol. The van der Waals surface area contributed by atoms with Gasteiger partial charge in [0.1, 0.15) is 0 Å². The second-order valence-electron chi connectivity index (χ2n) is 5.84. The third-order valence-corrected chi connectivity index (χ3v) is 4.37. The van der Waals surface area contributed by atoms with Gasteiger partial charge in [-0.3, -0.25) is 9.97 Å². The van der Waals surface area contributed by atoms with Crippen molar-refractivity contribution in [2.75, 3.05) is 19.6 Å². The smallest absolute Gasteiger partial charge is 0.0618 e. The van der Waals surface area contributed by atoms with E-state index in [2.05, 4.69) is 45.2 Å². The van der Waals surface area contributed by atoms with Crippen LogP contribution in [-0.4, -0.2) is 34.5 Å². The number of likely N-dealkylation sites (tertiary alicyclic amines) is 1. The van der Waals surface area contributed by atoms with Crippen molar-refractivity contribution in [1.82, 2.24) is 14.9 Å². The number of rotatable bonds is 5. The van der Waals surface area contributed by atoms with E-state index in [1.54, 1.807) is 6.20 Å². The Morgan fingerprint density at radius 2 is 1.86 bits per heavy atom. The van der Waals surface area contributed by atoms with E-state index in [-0.39, 0.29) is 0 Å². The molecule has 0 spiro atoms. The summed E-state index contributed by atoms with van der Waals surface area (Å²) in [6.45, 7) is 3.59. The number of piperidine rings is 1. The summed E-state index contributed by atoms with van der Waals surface area (Å²) >= 11 is 0. The Bertz CT molecular complexity index is 516. The minimum Gasteiger partial charge on any atom is -0.303 e. The Balaban J connectivity index is 1.40. The molecule has 0 amide bonds. The highest BCUT2D eigenvalue weighted by molar-refractivity contribution is 5.14. The van der Waals surface area contributed by atoms with Crippen molar-refractivity contribution in [2.24, 2.45) is 0 Å². The number of aromatic nitrogens is 2. The maximum atomic E-state index is 4.45. The Morgan fingerprint density at radius 1 is 1.05 bits per heavy atom. The van der Waals surface area contributed by atoms with Crippen LogP contribution in [-0.2, 0) is 6.42 Å². The fraction of sp³-hybridized carbons (Fsp3) is 0.444. The molecule has 2 aromatic rings. The van der Waals surface area contributed by atoms with Crippen molar-refractivity contribution >= 4 is 0 Å². The lowest BCUT2D eigenvalue weighted by molar-refractivity contribution is 0.209. The van der Waals surface area contributed by atoms with E-state index in [0.717, 1.165) is 0 Å². The van der Waals surface area contributed by atoms with Crippen LogP contribution in [0, 0.1) is 0 Å². The van der Waals surface area contributed by atoms with Gasteiger partial charge in [0.05, 0.1) is 5.69 Å². The van der Waals surface area contributed by atoms with Crippen LogP contribution < -0.4 is 0 Å². The van der Waals surface area contributed by atoms with Crippen LogP contribution in [0.25, 0.3) is 0 Å². The normalized spacial score (nSPS) is 17.0. The molecule has 3 rings (SSSR count).